The van der Waals surface area contributed by atoms with Gasteiger partial charge in [-0.2, -0.15) is 0 Å². The number of nitrogens with one attached hydrogen (secondary N) is 1. The van der Waals surface area contributed by atoms with Crippen LogP contribution in [0, 0.1) is 0 Å². The van der Waals surface area contributed by atoms with Gasteiger partial charge in [0.05, 0.1) is 17.1 Å². The second-order valence-corrected chi connectivity index (χ2v) is 9.62. The number of halogens is 1. The van der Waals surface area contributed by atoms with Crippen molar-refractivity contribution in [2.75, 3.05) is 29.6 Å². The minimum Gasteiger partial charge on any atom is -0.380 e. The first kappa shape index (κ1) is 17.5. The monoisotopic (exact) mass is 385 g/mol. The van der Waals surface area contributed by atoms with Crippen molar-refractivity contribution < 1.29 is 8.42 Å². The molecule has 0 spiro atoms. The molecule has 1 N–H and O–H groups in total. The maximum Gasteiger partial charge on any atom is 0.183 e. The second-order valence-electron chi connectivity index (χ2n) is 5.94. The van der Waals surface area contributed by atoms with Gasteiger partial charge >= 0.3 is 0 Å². The van der Waals surface area contributed by atoms with E-state index in [4.69, 9.17) is 11.6 Å². The van der Waals surface area contributed by atoms with Crippen molar-refractivity contribution in [1.82, 2.24) is 4.98 Å². The highest BCUT2D eigenvalue weighted by Crippen LogP contribution is 2.31. The number of piperidine rings is 1. The van der Waals surface area contributed by atoms with Crippen molar-refractivity contribution in [2.45, 2.75) is 30.7 Å². The Labute approximate surface area is 151 Å². The average Bonchev–Trinajstić information content (AvgIpc) is 2.98. The van der Waals surface area contributed by atoms with E-state index in [0.29, 0.717) is 15.9 Å². The van der Waals surface area contributed by atoms with Gasteiger partial charge in [0, 0.05) is 36.1 Å². The summed E-state index contributed by atoms with van der Waals surface area (Å²) in [5, 5.41) is 3.32. The Balaban J connectivity index is 1.85. The van der Waals surface area contributed by atoms with E-state index in [1.807, 2.05) is 12.1 Å². The number of benzene rings is 1. The Hall–Kier alpha value is -1.31. The van der Waals surface area contributed by atoms with Gasteiger partial charge in [-0.15, -0.1) is 11.3 Å². The molecule has 0 saturated carbocycles. The lowest BCUT2D eigenvalue weighted by molar-refractivity contribution is 0.572. The van der Waals surface area contributed by atoms with Crippen molar-refractivity contribution in [3.63, 3.8) is 0 Å². The minimum atomic E-state index is -3.26. The quantitative estimate of drug-likeness (QED) is 0.848. The Kier molecular flexibility index (Phi) is 5.32. The number of sulfone groups is 1. The molecule has 0 bridgehead atoms. The van der Waals surface area contributed by atoms with Crippen LogP contribution >= 0.6 is 22.9 Å². The van der Waals surface area contributed by atoms with E-state index in [1.165, 1.54) is 24.0 Å². The number of hydrogen-bond donors (Lipinski definition) is 1. The molecule has 1 aliphatic heterocycles. The van der Waals surface area contributed by atoms with Crippen LogP contribution in [0.25, 0.3) is 0 Å². The van der Waals surface area contributed by atoms with Gasteiger partial charge in [-0.25, -0.2) is 13.4 Å². The van der Waals surface area contributed by atoms with Gasteiger partial charge in [0.1, 0.15) is 0 Å². The maximum absolute atomic E-state index is 12.1. The van der Waals surface area contributed by atoms with Gasteiger partial charge < -0.3 is 10.2 Å². The van der Waals surface area contributed by atoms with Crippen molar-refractivity contribution in [2.24, 2.45) is 0 Å². The summed E-state index contributed by atoms with van der Waals surface area (Å²) in [6.07, 6.45) is 6.41. The molecule has 0 radical (unpaired) electrons. The van der Waals surface area contributed by atoms with Crippen LogP contribution in [0.15, 0.2) is 29.3 Å². The molecule has 8 heteroatoms. The van der Waals surface area contributed by atoms with E-state index in [0.717, 1.165) is 42.2 Å². The van der Waals surface area contributed by atoms with Gasteiger partial charge in [-0.3, -0.25) is 0 Å². The summed E-state index contributed by atoms with van der Waals surface area (Å²) in [7, 11) is -3.26. The van der Waals surface area contributed by atoms with Gasteiger partial charge in [-0.05, 0) is 37.5 Å². The third-order valence-electron chi connectivity index (χ3n) is 4.05. The largest absolute Gasteiger partial charge is 0.380 e. The molecule has 3 rings (SSSR count). The summed E-state index contributed by atoms with van der Waals surface area (Å²) in [6, 6.07) is 5.44. The molecule has 1 fully saturated rings. The number of nitrogens with zero attached hydrogens (tertiary/aromatic N) is 2. The third-order valence-corrected chi connectivity index (χ3v) is 6.31. The maximum atomic E-state index is 12.1. The Bertz CT molecular complexity index is 814. The molecule has 1 aliphatic rings. The topological polar surface area (TPSA) is 62.3 Å². The molecule has 24 heavy (non-hydrogen) atoms. The highest BCUT2D eigenvalue weighted by Gasteiger charge is 2.20. The molecule has 0 unspecified atom stereocenters. The van der Waals surface area contributed by atoms with Crippen LogP contribution in [-0.2, 0) is 16.4 Å². The summed E-state index contributed by atoms with van der Waals surface area (Å²) in [6.45, 7) is 2.41. The Morgan fingerprint density at radius 1 is 1.29 bits per heavy atom. The molecule has 0 atom stereocenters. The van der Waals surface area contributed by atoms with Crippen molar-refractivity contribution in [1.29, 1.82) is 0 Å². The number of hydrogen-bond acceptors (Lipinski definition) is 6. The summed E-state index contributed by atoms with van der Waals surface area (Å²) in [5.74, 6) is 0. The van der Waals surface area contributed by atoms with Crippen LogP contribution in [0.3, 0.4) is 0 Å². The number of aromatic nitrogens is 1. The van der Waals surface area contributed by atoms with Gasteiger partial charge in [0.15, 0.2) is 14.3 Å². The summed E-state index contributed by atoms with van der Waals surface area (Å²) in [5.41, 5.74) is 1.69. The fourth-order valence-corrected chi connectivity index (χ4v) is 4.68. The van der Waals surface area contributed by atoms with E-state index in [1.54, 1.807) is 12.3 Å². The van der Waals surface area contributed by atoms with E-state index in [9.17, 15) is 8.42 Å². The first-order chi connectivity index (χ1) is 11.4. The van der Waals surface area contributed by atoms with Gasteiger partial charge in [0.25, 0.3) is 0 Å². The molecule has 0 aliphatic carbocycles. The molecular weight excluding hydrogens is 366 g/mol. The van der Waals surface area contributed by atoms with E-state index in [-0.39, 0.29) is 0 Å². The lowest BCUT2D eigenvalue weighted by atomic mass is 10.1. The van der Waals surface area contributed by atoms with Gasteiger partial charge in [-0.1, -0.05) is 11.6 Å². The lowest BCUT2D eigenvalue weighted by Gasteiger charge is -2.30. The molecule has 2 aromatic rings. The summed E-state index contributed by atoms with van der Waals surface area (Å²) >= 11 is 7.28. The van der Waals surface area contributed by atoms with Crippen molar-refractivity contribution in [3.05, 3.63) is 33.7 Å². The first-order valence-corrected chi connectivity index (χ1v) is 11.0. The van der Waals surface area contributed by atoms with Crippen LogP contribution in [0.5, 0.6) is 0 Å². The zero-order chi connectivity index (χ0) is 17.2. The molecule has 1 aromatic heterocycles. The highest BCUT2D eigenvalue weighted by molar-refractivity contribution is 7.90. The van der Waals surface area contributed by atoms with E-state index >= 15 is 0 Å². The standard InChI is InChI=1S/C16H20ClN3O2S2/c1-24(21,22)15-6-5-12(18-10-13-11-19-16(17)23-13)9-14(15)20-7-3-2-4-8-20/h5-6,9,11,18H,2-4,7-8,10H2,1H3. The zero-order valence-electron chi connectivity index (χ0n) is 13.5. The fourth-order valence-electron chi connectivity index (χ4n) is 2.88. The zero-order valence-corrected chi connectivity index (χ0v) is 15.8. The number of anilines is 2. The second kappa shape index (κ2) is 7.29. The molecular formula is C16H20ClN3O2S2. The van der Waals surface area contributed by atoms with Gasteiger partial charge in [0.2, 0.25) is 0 Å². The van der Waals surface area contributed by atoms with Crippen LogP contribution in [0.2, 0.25) is 4.47 Å². The lowest BCUT2D eigenvalue weighted by Crippen LogP contribution is -2.30. The predicted octanol–water partition coefficient (Wildman–Crippen LogP) is 3.80. The highest BCUT2D eigenvalue weighted by atomic mass is 35.5. The number of rotatable bonds is 5. The fraction of sp³-hybridized carbons (Fsp3) is 0.438. The molecule has 0 amide bonds. The molecule has 130 valence electrons. The normalized spacial score (nSPS) is 15.5. The van der Waals surface area contributed by atoms with Crippen LogP contribution in [0.1, 0.15) is 24.1 Å². The van der Waals surface area contributed by atoms with Crippen molar-refractivity contribution in [3.8, 4) is 0 Å². The van der Waals surface area contributed by atoms with Crippen molar-refractivity contribution >= 4 is 44.1 Å². The molecule has 1 aromatic carbocycles. The smallest absolute Gasteiger partial charge is 0.183 e. The summed E-state index contributed by atoms with van der Waals surface area (Å²) < 4.78 is 24.8. The Morgan fingerprint density at radius 3 is 2.67 bits per heavy atom. The van der Waals surface area contributed by atoms with Crippen LogP contribution < -0.4 is 10.2 Å². The minimum absolute atomic E-state index is 0.399. The van der Waals surface area contributed by atoms with E-state index < -0.39 is 9.84 Å². The molecule has 1 saturated heterocycles. The van der Waals surface area contributed by atoms with E-state index in [2.05, 4.69) is 15.2 Å². The Morgan fingerprint density at radius 2 is 2.04 bits per heavy atom. The average molecular weight is 386 g/mol. The third kappa shape index (κ3) is 4.20. The predicted molar refractivity (Wildman–Crippen MR) is 100 cm³/mol. The van der Waals surface area contributed by atoms with Crippen LogP contribution in [-0.4, -0.2) is 32.7 Å². The summed E-state index contributed by atoms with van der Waals surface area (Å²) in [4.78, 5) is 7.63. The molecule has 2 heterocycles. The van der Waals surface area contributed by atoms with Crippen LogP contribution in [0.4, 0.5) is 11.4 Å². The number of thiazole rings is 1. The molecule has 5 nitrogen and oxygen atoms in total. The first-order valence-electron chi connectivity index (χ1n) is 7.86. The SMILES string of the molecule is CS(=O)(=O)c1ccc(NCc2cnc(Cl)s2)cc1N1CCCCC1.